The number of hydrogen-bond donors (Lipinski definition) is 0. The molecule has 3 heterocycles. The molecule has 2 aliphatic heterocycles. The van der Waals surface area contributed by atoms with Crippen LogP contribution in [0.2, 0.25) is 0 Å². The fourth-order valence-corrected chi connectivity index (χ4v) is 5.62. The molecular formula is C28H27FN2O. The fraction of sp³-hybridized carbons (Fsp3) is 0.286. The third kappa shape index (κ3) is 3.05. The Morgan fingerprint density at radius 1 is 1.03 bits per heavy atom. The van der Waals surface area contributed by atoms with Gasteiger partial charge in [-0.2, -0.15) is 0 Å². The Morgan fingerprint density at radius 3 is 2.72 bits per heavy atom. The number of aromatic nitrogens is 1. The minimum absolute atomic E-state index is 0.0147. The molecule has 0 saturated carbocycles. The number of nitrogens with zero attached hydrogens (tertiary/aromatic N) is 2. The summed E-state index contributed by atoms with van der Waals surface area (Å²) in [6.07, 6.45) is 5.63. The summed E-state index contributed by atoms with van der Waals surface area (Å²) in [6, 6.07) is 20.2. The maximum Gasteiger partial charge on any atom is 0.133 e. The van der Waals surface area contributed by atoms with Crippen LogP contribution in [0.4, 0.5) is 4.39 Å². The number of aryl methyl sites for hydroxylation is 1. The van der Waals surface area contributed by atoms with Crippen LogP contribution in [0.15, 0.2) is 66.9 Å². The highest BCUT2D eigenvalue weighted by Crippen LogP contribution is 2.47. The Hall–Kier alpha value is -3.11. The molecule has 0 spiro atoms. The maximum absolute atomic E-state index is 14.4. The van der Waals surface area contributed by atoms with E-state index in [0.717, 1.165) is 40.9 Å². The molecule has 0 N–H and O–H groups in total. The molecule has 6 rings (SSSR count). The molecule has 4 aromatic rings. The Kier molecular flexibility index (Phi) is 4.58. The lowest BCUT2D eigenvalue weighted by atomic mass is 9.91. The minimum atomic E-state index is -0.180. The highest BCUT2D eigenvalue weighted by Gasteiger charge is 2.32. The van der Waals surface area contributed by atoms with Gasteiger partial charge in [-0.25, -0.2) is 4.39 Å². The predicted octanol–water partition coefficient (Wildman–Crippen LogP) is 6.47. The van der Waals surface area contributed by atoms with Gasteiger partial charge < -0.3 is 14.2 Å². The summed E-state index contributed by atoms with van der Waals surface area (Å²) in [5.74, 6) is 1.60. The van der Waals surface area contributed by atoms with Crippen LogP contribution in [-0.2, 0) is 6.42 Å². The lowest BCUT2D eigenvalue weighted by Crippen LogP contribution is -2.26. The molecule has 1 saturated heterocycles. The van der Waals surface area contributed by atoms with Gasteiger partial charge in [0.2, 0.25) is 0 Å². The average Bonchev–Trinajstić information content (AvgIpc) is 3.35. The van der Waals surface area contributed by atoms with Crippen LogP contribution in [0, 0.1) is 12.7 Å². The number of likely N-dealkylation sites (N-methyl/N-ethyl adjacent to an activating group) is 1. The summed E-state index contributed by atoms with van der Waals surface area (Å²) < 4.78 is 23.0. The van der Waals surface area contributed by atoms with E-state index in [4.69, 9.17) is 4.74 Å². The molecule has 3 nitrogen and oxygen atoms in total. The third-order valence-corrected chi connectivity index (χ3v) is 7.27. The summed E-state index contributed by atoms with van der Waals surface area (Å²) in [5.41, 5.74) is 5.80. The van der Waals surface area contributed by atoms with Gasteiger partial charge in [-0.15, -0.1) is 0 Å². The highest BCUT2D eigenvalue weighted by molar-refractivity contribution is 5.85. The SMILES string of the molecule is Cc1cccc2c1[C@@H](n1cc(C[C@@H]3CCCN3C)c3cc(F)ccc31)c1ccccc1O2. The summed E-state index contributed by atoms with van der Waals surface area (Å²) >= 11 is 0. The molecule has 3 aromatic carbocycles. The van der Waals surface area contributed by atoms with Gasteiger partial charge in [-0.05, 0) is 81.2 Å². The second-order valence-electron chi connectivity index (χ2n) is 9.23. The van der Waals surface area contributed by atoms with E-state index in [1.165, 1.54) is 29.5 Å². The monoisotopic (exact) mass is 426 g/mol. The maximum atomic E-state index is 14.4. The van der Waals surface area contributed by atoms with Crippen molar-refractivity contribution in [3.05, 3.63) is 94.9 Å². The number of fused-ring (bicyclic) bond motifs is 3. The van der Waals surface area contributed by atoms with Gasteiger partial charge >= 0.3 is 0 Å². The van der Waals surface area contributed by atoms with Crippen molar-refractivity contribution < 1.29 is 9.13 Å². The first kappa shape index (κ1) is 19.6. The number of benzene rings is 3. The van der Waals surface area contributed by atoms with E-state index in [0.29, 0.717) is 6.04 Å². The van der Waals surface area contributed by atoms with Crippen LogP contribution < -0.4 is 4.74 Å². The topological polar surface area (TPSA) is 17.4 Å². The number of rotatable bonds is 3. The molecule has 4 heteroatoms. The molecule has 0 radical (unpaired) electrons. The molecule has 0 aliphatic carbocycles. The van der Waals surface area contributed by atoms with E-state index in [1.807, 2.05) is 30.3 Å². The van der Waals surface area contributed by atoms with E-state index < -0.39 is 0 Å². The summed E-state index contributed by atoms with van der Waals surface area (Å²) in [4.78, 5) is 2.44. The summed E-state index contributed by atoms with van der Waals surface area (Å²) in [7, 11) is 2.20. The molecule has 0 bridgehead atoms. The Balaban J connectivity index is 1.58. The van der Waals surface area contributed by atoms with Gasteiger partial charge in [-0.3, -0.25) is 0 Å². The van der Waals surface area contributed by atoms with Gasteiger partial charge in [0.25, 0.3) is 0 Å². The third-order valence-electron chi connectivity index (χ3n) is 7.27. The van der Waals surface area contributed by atoms with Gasteiger partial charge in [0.05, 0.1) is 6.04 Å². The normalized spacial score (nSPS) is 20.2. The van der Waals surface area contributed by atoms with E-state index in [2.05, 4.69) is 47.8 Å². The van der Waals surface area contributed by atoms with Crippen LogP contribution >= 0.6 is 0 Å². The van der Waals surface area contributed by atoms with Crippen molar-refractivity contribution in [2.45, 2.75) is 38.3 Å². The van der Waals surface area contributed by atoms with Gasteiger partial charge in [-0.1, -0.05) is 30.3 Å². The smallest absolute Gasteiger partial charge is 0.133 e. The Labute approximate surface area is 188 Å². The van der Waals surface area contributed by atoms with Crippen molar-refractivity contribution in [3.8, 4) is 11.5 Å². The van der Waals surface area contributed by atoms with E-state index in [9.17, 15) is 4.39 Å². The predicted molar refractivity (Wildman–Crippen MR) is 126 cm³/mol. The van der Waals surface area contributed by atoms with Crippen molar-refractivity contribution in [2.75, 3.05) is 13.6 Å². The van der Waals surface area contributed by atoms with Gasteiger partial charge in [0.1, 0.15) is 17.3 Å². The largest absolute Gasteiger partial charge is 0.457 e. The molecule has 0 amide bonds. The first-order valence-electron chi connectivity index (χ1n) is 11.5. The quantitative estimate of drug-likeness (QED) is 0.329. The number of para-hydroxylation sites is 1. The lowest BCUT2D eigenvalue weighted by molar-refractivity contribution is 0.309. The van der Waals surface area contributed by atoms with Crippen molar-refractivity contribution in [1.82, 2.24) is 9.47 Å². The van der Waals surface area contributed by atoms with E-state index >= 15 is 0 Å². The van der Waals surface area contributed by atoms with Crippen molar-refractivity contribution in [1.29, 1.82) is 0 Å². The molecule has 0 unspecified atom stereocenters. The first-order chi connectivity index (χ1) is 15.6. The molecule has 1 aromatic heterocycles. The molecule has 2 aliphatic rings. The fourth-order valence-electron chi connectivity index (χ4n) is 5.62. The molecule has 32 heavy (non-hydrogen) atoms. The Morgan fingerprint density at radius 2 is 1.88 bits per heavy atom. The van der Waals surface area contributed by atoms with Gasteiger partial charge in [0.15, 0.2) is 0 Å². The highest BCUT2D eigenvalue weighted by atomic mass is 19.1. The van der Waals surface area contributed by atoms with E-state index in [-0.39, 0.29) is 11.9 Å². The van der Waals surface area contributed by atoms with Crippen LogP contribution in [0.3, 0.4) is 0 Å². The molecule has 1 fully saturated rings. The van der Waals surface area contributed by atoms with Gasteiger partial charge in [0, 0.05) is 34.3 Å². The van der Waals surface area contributed by atoms with Crippen molar-refractivity contribution >= 4 is 10.9 Å². The van der Waals surface area contributed by atoms with Crippen LogP contribution in [0.5, 0.6) is 11.5 Å². The zero-order valence-electron chi connectivity index (χ0n) is 18.5. The van der Waals surface area contributed by atoms with E-state index in [1.54, 1.807) is 12.1 Å². The standard InChI is InChI=1S/C28H27FN2O/c1-18-7-5-11-26-27(18)28(22-9-3-4-10-25(22)32-26)31-17-19(15-21-8-6-14-30(21)2)23-16-20(29)12-13-24(23)31/h3-5,7,9-13,16-17,21,28H,6,8,14-15H2,1-2H3/t21-,28-/m0/s1. The Bertz CT molecular complexity index is 1320. The second-order valence-corrected chi connectivity index (χ2v) is 9.23. The molecule has 2 atom stereocenters. The van der Waals surface area contributed by atoms with Crippen LogP contribution in [0.1, 0.15) is 41.1 Å². The zero-order chi connectivity index (χ0) is 21.8. The molecule has 162 valence electrons. The number of ether oxygens (including phenoxy) is 1. The van der Waals surface area contributed by atoms with Crippen molar-refractivity contribution in [2.24, 2.45) is 0 Å². The molecular weight excluding hydrogens is 399 g/mol. The number of likely N-dealkylation sites (tertiary alicyclic amines) is 1. The average molecular weight is 427 g/mol. The van der Waals surface area contributed by atoms with Crippen molar-refractivity contribution in [3.63, 3.8) is 0 Å². The number of hydrogen-bond acceptors (Lipinski definition) is 2. The van der Waals surface area contributed by atoms with Crippen LogP contribution in [-0.4, -0.2) is 29.1 Å². The summed E-state index contributed by atoms with van der Waals surface area (Å²) in [6.45, 7) is 3.28. The van der Waals surface area contributed by atoms with Crippen LogP contribution in [0.25, 0.3) is 10.9 Å². The minimum Gasteiger partial charge on any atom is -0.457 e. The lowest BCUT2D eigenvalue weighted by Gasteiger charge is -2.31. The second kappa shape index (κ2) is 7.49. The number of halogens is 1. The first-order valence-corrected chi connectivity index (χ1v) is 11.5. The summed E-state index contributed by atoms with van der Waals surface area (Å²) in [5, 5.41) is 1.02. The zero-order valence-corrected chi connectivity index (χ0v) is 18.5.